The smallest absolute Gasteiger partial charge is 0.176 e. The minimum Gasteiger partial charge on any atom is -0.295 e. The number of hydrogen-bond acceptors (Lipinski definition) is 3. The van der Waals surface area contributed by atoms with Crippen molar-refractivity contribution in [1.82, 2.24) is 4.90 Å². The van der Waals surface area contributed by atoms with E-state index in [2.05, 4.69) is 22.0 Å². The molecule has 1 aromatic rings. The van der Waals surface area contributed by atoms with E-state index in [1.807, 2.05) is 36.1 Å². The maximum atomic E-state index is 11.9. The third-order valence-corrected chi connectivity index (χ3v) is 3.05. The number of nitrogens with zero attached hydrogens (tertiary/aromatic N) is 2. The Morgan fingerprint density at radius 2 is 2.06 bits per heavy atom. The molecular formula is C13H15BrN2O. The van der Waals surface area contributed by atoms with Crippen LogP contribution in [-0.2, 0) is 0 Å². The van der Waals surface area contributed by atoms with Gasteiger partial charge in [-0.2, -0.15) is 5.26 Å². The maximum absolute atomic E-state index is 11.9. The molecule has 0 fully saturated rings. The summed E-state index contributed by atoms with van der Waals surface area (Å²) in [4.78, 5) is 13.9. The lowest BCUT2D eigenvalue weighted by atomic mass is 10.1. The number of ketones is 1. The number of nitriles is 1. The molecule has 3 nitrogen and oxygen atoms in total. The number of Topliss-reactive ketones (excluding diaryl/α,β-unsaturated/α-hetero) is 1. The molecule has 0 saturated heterocycles. The molecule has 1 aromatic carbocycles. The van der Waals surface area contributed by atoms with Gasteiger partial charge < -0.3 is 0 Å². The lowest BCUT2D eigenvalue weighted by Gasteiger charge is -2.17. The fourth-order valence-corrected chi connectivity index (χ4v) is 1.75. The summed E-state index contributed by atoms with van der Waals surface area (Å²) < 4.78 is 0.964. The highest BCUT2D eigenvalue weighted by Gasteiger charge is 2.10. The lowest BCUT2D eigenvalue weighted by molar-refractivity contribution is 0.0935. The molecule has 0 spiro atoms. The van der Waals surface area contributed by atoms with Crippen molar-refractivity contribution in [2.75, 3.05) is 19.6 Å². The molecule has 0 aliphatic heterocycles. The number of rotatable bonds is 6. The Hall–Kier alpha value is -1.18. The predicted octanol–water partition coefficient (Wildman–Crippen LogP) is 2.87. The van der Waals surface area contributed by atoms with E-state index in [9.17, 15) is 4.79 Å². The number of likely N-dealkylation sites (N-methyl/N-ethyl adjacent to an activating group) is 1. The predicted molar refractivity (Wildman–Crippen MR) is 70.8 cm³/mol. The molecule has 0 bridgehead atoms. The molecule has 0 N–H and O–H groups in total. The molecule has 0 atom stereocenters. The number of carbonyl (C=O) groups excluding carboxylic acids is 1. The Bertz CT molecular complexity index is 408. The molecular weight excluding hydrogens is 280 g/mol. The van der Waals surface area contributed by atoms with Crippen molar-refractivity contribution in [3.8, 4) is 6.07 Å². The Kier molecular flexibility index (Phi) is 5.88. The van der Waals surface area contributed by atoms with Crippen molar-refractivity contribution < 1.29 is 4.79 Å². The minimum atomic E-state index is 0.0947. The number of halogens is 1. The fourth-order valence-electron chi connectivity index (χ4n) is 1.49. The minimum absolute atomic E-state index is 0.0947. The van der Waals surface area contributed by atoms with Gasteiger partial charge in [-0.15, -0.1) is 0 Å². The van der Waals surface area contributed by atoms with Crippen molar-refractivity contribution in [1.29, 1.82) is 5.26 Å². The molecule has 17 heavy (non-hydrogen) atoms. The Balaban J connectivity index is 2.58. The molecule has 0 unspecified atom stereocenters. The van der Waals surface area contributed by atoms with Crippen LogP contribution in [0.1, 0.15) is 23.7 Å². The monoisotopic (exact) mass is 294 g/mol. The van der Waals surface area contributed by atoms with E-state index in [1.54, 1.807) is 0 Å². The number of benzene rings is 1. The highest BCUT2D eigenvalue weighted by Crippen LogP contribution is 2.11. The highest BCUT2D eigenvalue weighted by atomic mass is 79.9. The summed E-state index contributed by atoms with van der Waals surface area (Å²) in [5, 5.41) is 8.53. The standard InChI is InChI=1S/C13H15BrN2O/c1-2-16(9-3-8-15)10-13(17)11-4-6-12(14)7-5-11/h4-7H,2-3,9-10H2,1H3. The normalized spacial score (nSPS) is 10.2. The van der Waals surface area contributed by atoms with Crippen LogP contribution in [0.15, 0.2) is 28.7 Å². The molecule has 0 heterocycles. The summed E-state index contributed by atoms with van der Waals surface area (Å²) in [6.45, 7) is 3.80. The molecule has 0 aromatic heterocycles. The van der Waals surface area contributed by atoms with E-state index in [1.165, 1.54) is 0 Å². The van der Waals surface area contributed by atoms with Crippen LogP contribution in [0.25, 0.3) is 0 Å². The van der Waals surface area contributed by atoms with Crippen molar-refractivity contribution >= 4 is 21.7 Å². The number of hydrogen-bond donors (Lipinski definition) is 0. The van der Waals surface area contributed by atoms with Crippen LogP contribution in [0.5, 0.6) is 0 Å². The van der Waals surface area contributed by atoms with E-state index in [0.29, 0.717) is 25.1 Å². The summed E-state index contributed by atoms with van der Waals surface area (Å²) in [5.74, 6) is 0.0947. The van der Waals surface area contributed by atoms with Crippen LogP contribution in [-0.4, -0.2) is 30.3 Å². The van der Waals surface area contributed by atoms with Crippen LogP contribution in [0.3, 0.4) is 0 Å². The van der Waals surface area contributed by atoms with Crippen LogP contribution in [0.2, 0.25) is 0 Å². The van der Waals surface area contributed by atoms with Gasteiger partial charge in [0, 0.05) is 23.0 Å². The molecule has 4 heteroatoms. The van der Waals surface area contributed by atoms with Gasteiger partial charge in [0.1, 0.15) is 0 Å². The lowest BCUT2D eigenvalue weighted by Crippen LogP contribution is -2.30. The zero-order valence-electron chi connectivity index (χ0n) is 9.82. The van der Waals surface area contributed by atoms with Gasteiger partial charge in [0.05, 0.1) is 12.6 Å². The van der Waals surface area contributed by atoms with Gasteiger partial charge in [0.15, 0.2) is 5.78 Å². The van der Waals surface area contributed by atoms with Gasteiger partial charge in [0.2, 0.25) is 0 Å². The van der Waals surface area contributed by atoms with E-state index in [4.69, 9.17) is 5.26 Å². The first-order valence-corrected chi connectivity index (χ1v) is 6.34. The van der Waals surface area contributed by atoms with Crippen LogP contribution in [0.4, 0.5) is 0 Å². The van der Waals surface area contributed by atoms with Crippen LogP contribution < -0.4 is 0 Å². The second kappa shape index (κ2) is 7.21. The third-order valence-electron chi connectivity index (χ3n) is 2.52. The maximum Gasteiger partial charge on any atom is 0.176 e. The van der Waals surface area contributed by atoms with Crippen molar-refractivity contribution in [2.45, 2.75) is 13.3 Å². The Morgan fingerprint density at radius 3 is 2.59 bits per heavy atom. The summed E-state index contributed by atoms with van der Waals surface area (Å²) in [6.07, 6.45) is 0.460. The van der Waals surface area contributed by atoms with E-state index >= 15 is 0 Å². The first-order chi connectivity index (χ1) is 8.17. The van der Waals surface area contributed by atoms with Crippen molar-refractivity contribution in [2.24, 2.45) is 0 Å². The van der Waals surface area contributed by atoms with Gasteiger partial charge in [0.25, 0.3) is 0 Å². The van der Waals surface area contributed by atoms with Crippen molar-refractivity contribution in [3.05, 3.63) is 34.3 Å². The third kappa shape index (κ3) is 4.68. The topological polar surface area (TPSA) is 44.1 Å². The van der Waals surface area contributed by atoms with Gasteiger partial charge >= 0.3 is 0 Å². The van der Waals surface area contributed by atoms with Crippen molar-refractivity contribution in [3.63, 3.8) is 0 Å². The highest BCUT2D eigenvalue weighted by molar-refractivity contribution is 9.10. The summed E-state index contributed by atoms with van der Waals surface area (Å²) in [7, 11) is 0. The van der Waals surface area contributed by atoms with E-state index in [0.717, 1.165) is 11.0 Å². The zero-order valence-corrected chi connectivity index (χ0v) is 11.4. The second-order valence-corrected chi connectivity index (χ2v) is 4.62. The quantitative estimate of drug-likeness (QED) is 0.758. The molecule has 0 aliphatic rings. The van der Waals surface area contributed by atoms with E-state index < -0.39 is 0 Å². The van der Waals surface area contributed by atoms with Gasteiger partial charge in [-0.3, -0.25) is 9.69 Å². The SMILES string of the molecule is CCN(CCC#N)CC(=O)c1ccc(Br)cc1. The second-order valence-electron chi connectivity index (χ2n) is 3.71. The average molecular weight is 295 g/mol. The molecule has 0 aliphatic carbocycles. The Morgan fingerprint density at radius 1 is 1.41 bits per heavy atom. The van der Waals surface area contributed by atoms with Gasteiger partial charge in [-0.1, -0.05) is 35.0 Å². The Labute approximate surface area is 110 Å². The first kappa shape index (κ1) is 13.9. The van der Waals surface area contributed by atoms with Gasteiger partial charge in [-0.05, 0) is 18.7 Å². The number of carbonyl (C=O) groups is 1. The zero-order chi connectivity index (χ0) is 12.7. The molecule has 0 saturated carbocycles. The molecule has 90 valence electrons. The largest absolute Gasteiger partial charge is 0.295 e. The fraction of sp³-hybridized carbons (Fsp3) is 0.385. The first-order valence-electron chi connectivity index (χ1n) is 5.55. The summed E-state index contributed by atoms with van der Waals surface area (Å²) in [6, 6.07) is 9.43. The molecule has 0 radical (unpaired) electrons. The molecule has 0 amide bonds. The van der Waals surface area contributed by atoms with Crippen LogP contribution >= 0.6 is 15.9 Å². The van der Waals surface area contributed by atoms with Crippen LogP contribution in [0, 0.1) is 11.3 Å². The van der Waals surface area contributed by atoms with Gasteiger partial charge in [-0.25, -0.2) is 0 Å². The molecule has 1 rings (SSSR count). The van der Waals surface area contributed by atoms with E-state index in [-0.39, 0.29) is 5.78 Å². The summed E-state index contributed by atoms with van der Waals surface area (Å²) in [5.41, 5.74) is 0.712. The summed E-state index contributed by atoms with van der Waals surface area (Å²) >= 11 is 3.34. The average Bonchev–Trinajstić information content (AvgIpc) is 2.35.